The standard InChI is InChI=1S/C12H12FN5O/c13-11-2-1-7(4-15-11)18-12(19)9-3-8-10(5-14-9)17-6-16-8/h1-2,4,6,9,14H,3,5H2,(H,16,17)(H,18,19). The van der Waals surface area contributed by atoms with E-state index in [9.17, 15) is 9.18 Å². The third kappa shape index (κ3) is 2.45. The molecule has 3 heterocycles. The van der Waals surface area contributed by atoms with Crippen molar-refractivity contribution in [2.45, 2.75) is 19.0 Å². The number of anilines is 1. The number of amides is 1. The summed E-state index contributed by atoms with van der Waals surface area (Å²) in [6.07, 6.45) is 3.44. The summed E-state index contributed by atoms with van der Waals surface area (Å²) in [5, 5.41) is 5.81. The number of pyridine rings is 1. The zero-order valence-electron chi connectivity index (χ0n) is 9.98. The molecule has 0 saturated carbocycles. The summed E-state index contributed by atoms with van der Waals surface area (Å²) in [6, 6.07) is 2.33. The summed E-state index contributed by atoms with van der Waals surface area (Å²) in [5.74, 6) is -0.753. The number of imidazole rings is 1. The number of nitrogens with zero attached hydrogens (tertiary/aromatic N) is 2. The first-order valence-electron chi connectivity index (χ1n) is 5.89. The quantitative estimate of drug-likeness (QED) is 0.691. The number of rotatable bonds is 2. The molecule has 3 N–H and O–H groups in total. The lowest BCUT2D eigenvalue weighted by Gasteiger charge is -2.22. The van der Waals surface area contributed by atoms with Crippen LogP contribution in [0.2, 0.25) is 0 Å². The maximum Gasteiger partial charge on any atom is 0.241 e. The van der Waals surface area contributed by atoms with Gasteiger partial charge in [0, 0.05) is 13.0 Å². The second-order valence-corrected chi connectivity index (χ2v) is 4.32. The summed E-state index contributed by atoms with van der Waals surface area (Å²) >= 11 is 0. The molecule has 1 aliphatic heterocycles. The molecule has 0 bridgehead atoms. The molecule has 2 aromatic heterocycles. The first kappa shape index (κ1) is 11.8. The second-order valence-electron chi connectivity index (χ2n) is 4.32. The van der Waals surface area contributed by atoms with E-state index in [-0.39, 0.29) is 11.9 Å². The second kappa shape index (κ2) is 4.77. The van der Waals surface area contributed by atoms with Gasteiger partial charge in [-0.2, -0.15) is 4.39 Å². The number of hydrogen-bond acceptors (Lipinski definition) is 4. The zero-order chi connectivity index (χ0) is 13.2. The molecule has 1 unspecified atom stereocenters. The smallest absolute Gasteiger partial charge is 0.241 e. The highest BCUT2D eigenvalue weighted by Crippen LogP contribution is 2.14. The van der Waals surface area contributed by atoms with Crippen LogP contribution in [0.4, 0.5) is 10.1 Å². The van der Waals surface area contributed by atoms with Crippen molar-refractivity contribution in [1.82, 2.24) is 20.3 Å². The molecule has 0 fully saturated rings. The van der Waals surface area contributed by atoms with E-state index in [1.165, 1.54) is 18.3 Å². The molecule has 6 nitrogen and oxygen atoms in total. The summed E-state index contributed by atoms with van der Waals surface area (Å²) < 4.78 is 12.7. The van der Waals surface area contributed by atoms with Crippen molar-refractivity contribution in [3.8, 4) is 0 Å². The number of halogens is 1. The van der Waals surface area contributed by atoms with E-state index < -0.39 is 5.95 Å². The number of aromatic amines is 1. The summed E-state index contributed by atoms with van der Waals surface area (Å²) in [6.45, 7) is 0.578. The third-order valence-electron chi connectivity index (χ3n) is 3.04. The van der Waals surface area contributed by atoms with E-state index >= 15 is 0 Å². The van der Waals surface area contributed by atoms with Crippen molar-refractivity contribution in [3.63, 3.8) is 0 Å². The number of nitrogens with one attached hydrogen (secondary N) is 3. The Morgan fingerprint density at radius 2 is 2.32 bits per heavy atom. The van der Waals surface area contributed by atoms with E-state index in [4.69, 9.17) is 0 Å². The van der Waals surface area contributed by atoms with Crippen LogP contribution in [0.1, 0.15) is 11.4 Å². The van der Waals surface area contributed by atoms with Crippen molar-refractivity contribution >= 4 is 11.6 Å². The maximum absolute atomic E-state index is 12.7. The summed E-state index contributed by atoms with van der Waals surface area (Å²) in [7, 11) is 0. The highest BCUT2D eigenvalue weighted by molar-refractivity contribution is 5.95. The van der Waals surface area contributed by atoms with Gasteiger partial charge in [0.1, 0.15) is 0 Å². The van der Waals surface area contributed by atoms with E-state index in [2.05, 4.69) is 25.6 Å². The maximum atomic E-state index is 12.7. The van der Waals surface area contributed by atoms with Gasteiger partial charge in [0.2, 0.25) is 11.9 Å². The van der Waals surface area contributed by atoms with E-state index in [0.29, 0.717) is 18.7 Å². The van der Waals surface area contributed by atoms with E-state index in [0.717, 1.165) is 11.4 Å². The Labute approximate surface area is 108 Å². The van der Waals surface area contributed by atoms with Crippen molar-refractivity contribution in [2.75, 3.05) is 5.32 Å². The lowest BCUT2D eigenvalue weighted by atomic mass is 10.0. The molecule has 2 aromatic rings. The van der Waals surface area contributed by atoms with Crippen molar-refractivity contribution in [1.29, 1.82) is 0 Å². The molecule has 1 aliphatic rings. The third-order valence-corrected chi connectivity index (χ3v) is 3.04. The zero-order valence-corrected chi connectivity index (χ0v) is 9.98. The number of hydrogen-bond donors (Lipinski definition) is 3. The summed E-state index contributed by atoms with van der Waals surface area (Å²) in [4.78, 5) is 22.7. The highest BCUT2D eigenvalue weighted by atomic mass is 19.1. The van der Waals surface area contributed by atoms with Crippen LogP contribution in [0.3, 0.4) is 0 Å². The molecule has 19 heavy (non-hydrogen) atoms. The molecule has 3 rings (SSSR count). The SMILES string of the molecule is O=C(Nc1ccc(F)nc1)C1Cc2nc[nH]c2CN1. The fraction of sp³-hybridized carbons (Fsp3) is 0.250. The van der Waals surface area contributed by atoms with Gasteiger partial charge >= 0.3 is 0 Å². The van der Waals surface area contributed by atoms with Gasteiger partial charge in [0.25, 0.3) is 0 Å². The number of carbonyl (C=O) groups excluding carboxylic acids is 1. The highest BCUT2D eigenvalue weighted by Gasteiger charge is 2.25. The lowest BCUT2D eigenvalue weighted by molar-refractivity contribution is -0.118. The largest absolute Gasteiger partial charge is 0.347 e. The average molecular weight is 261 g/mol. The van der Waals surface area contributed by atoms with Crippen molar-refractivity contribution in [3.05, 3.63) is 42.0 Å². The van der Waals surface area contributed by atoms with Crippen molar-refractivity contribution in [2.24, 2.45) is 0 Å². The van der Waals surface area contributed by atoms with Gasteiger partial charge < -0.3 is 10.3 Å². The van der Waals surface area contributed by atoms with Gasteiger partial charge in [0.05, 0.1) is 35.6 Å². The molecule has 0 saturated heterocycles. The lowest BCUT2D eigenvalue weighted by Crippen LogP contribution is -2.44. The van der Waals surface area contributed by atoms with Crippen molar-refractivity contribution < 1.29 is 9.18 Å². The molecular weight excluding hydrogens is 249 g/mol. The Hall–Kier alpha value is -2.28. The molecular formula is C12H12FN5O. The topological polar surface area (TPSA) is 82.7 Å². The minimum atomic E-state index is -0.574. The molecule has 0 aliphatic carbocycles. The molecule has 0 aromatic carbocycles. The summed E-state index contributed by atoms with van der Waals surface area (Å²) in [5.41, 5.74) is 2.38. The number of fused-ring (bicyclic) bond motifs is 1. The molecule has 98 valence electrons. The van der Waals surface area contributed by atoms with E-state index in [1.54, 1.807) is 6.33 Å². The monoisotopic (exact) mass is 261 g/mol. The Kier molecular flexibility index (Phi) is 2.96. The molecule has 1 atom stereocenters. The number of H-pyrrole nitrogens is 1. The van der Waals surface area contributed by atoms with Gasteiger partial charge in [-0.05, 0) is 12.1 Å². The van der Waals surface area contributed by atoms with Gasteiger partial charge in [-0.3, -0.25) is 10.1 Å². The average Bonchev–Trinajstić information content (AvgIpc) is 2.88. The van der Waals surface area contributed by atoms with Gasteiger partial charge in [-0.25, -0.2) is 9.97 Å². The molecule has 0 spiro atoms. The Balaban J connectivity index is 1.67. The van der Waals surface area contributed by atoms with Crippen LogP contribution in [-0.2, 0) is 17.8 Å². The van der Waals surface area contributed by atoms with Crippen LogP contribution in [0, 0.1) is 5.95 Å². The number of aromatic nitrogens is 3. The van der Waals surface area contributed by atoms with Crippen LogP contribution >= 0.6 is 0 Å². The Morgan fingerprint density at radius 1 is 1.42 bits per heavy atom. The van der Waals surface area contributed by atoms with Crippen LogP contribution in [-0.4, -0.2) is 26.9 Å². The Bertz CT molecular complexity index is 594. The van der Waals surface area contributed by atoms with Crippen LogP contribution in [0.15, 0.2) is 24.7 Å². The van der Waals surface area contributed by atoms with Crippen LogP contribution in [0.5, 0.6) is 0 Å². The fourth-order valence-electron chi connectivity index (χ4n) is 2.03. The number of carbonyl (C=O) groups is 1. The van der Waals surface area contributed by atoms with Gasteiger partial charge in [0.15, 0.2) is 0 Å². The minimum Gasteiger partial charge on any atom is -0.347 e. The molecule has 7 heteroatoms. The van der Waals surface area contributed by atoms with Crippen LogP contribution in [0.25, 0.3) is 0 Å². The normalized spacial score (nSPS) is 17.8. The van der Waals surface area contributed by atoms with E-state index in [1.807, 2.05) is 0 Å². The molecule has 0 radical (unpaired) electrons. The Morgan fingerprint density at radius 3 is 3.11 bits per heavy atom. The van der Waals surface area contributed by atoms with Gasteiger partial charge in [-0.1, -0.05) is 0 Å². The first-order chi connectivity index (χ1) is 9.22. The first-order valence-corrected chi connectivity index (χ1v) is 5.89. The predicted octanol–water partition coefficient (Wildman–Crippen LogP) is 0.597. The van der Waals surface area contributed by atoms with Gasteiger partial charge in [-0.15, -0.1) is 0 Å². The minimum absolute atomic E-state index is 0.179. The predicted molar refractivity (Wildman–Crippen MR) is 65.7 cm³/mol. The molecule has 1 amide bonds. The fourth-order valence-corrected chi connectivity index (χ4v) is 2.03. The van der Waals surface area contributed by atoms with Crippen LogP contribution < -0.4 is 10.6 Å².